The fourth-order valence-electron chi connectivity index (χ4n) is 1.50. The quantitative estimate of drug-likeness (QED) is 0.735. The molecule has 1 aromatic heterocycles. The molecule has 1 aromatic carbocycles. The highest BCUT2D eigenvalue weighted by molar-refractivity contribution is 7.92. The zero-order chi connectivity index (χ0) is 14.8. The number of rotatable bonds is 4. The lowest BCUT2D eigenvalue weighted by atomic mass is 10.2. The summed E-state index contributed by atoms with van der Waals surface area (Å²) in [6.45, 7) is 1.72. The van der Waals surface area contributed by atoms with Gasteiger partial charge in [0.25, 0.3) is 11.7 Å². The molecule has 20 heavy (non-hydrogen) atoms. The highest BCUT2D eigenvalue weighted by Gasteiger charge is 2.12. The van der Waals surface area contributed by atoms with E-state index in [-0.39, 0.29) is 5.82 Å². The first kappa shape index (κ1) is 13.9. The summed E-state index contributed by atoms with van der Waals surface area (Å²) < 4.78 is 24.7. The van der Waals surface area contributed by atoms with Gasteiger partial charge in [0.1, 0.15) is 0 Å². The average Bonchev–Trinajstić information content (AvgIpc) is 2.85. The van der Waals surface area contributed by atoms with Crippen molar-refractivity contribution in [1.29, 1.82) is 0 Å². The Labute approximate surface area is 114 Å². The normalized spacial score (nSPS) is 11.1. The fourth-order valence-corrected chi connectivity index (χ4v) is 2.13. The highest BCUT2D eigenvalue weighted by atomic mass is 32.2. The molecule has 0 radical (unpaired) electrons. The number of anilines is 2. The topological polar surface area (TPSA) is 130 Å². The van der Waals surface area contributed by atoms with Gasteiger partial charge < -0.3 is 5.32 Å². The number of aryl methyl sites for hydroxylation is 1. The summed E-state index contributed by atoms with van der Waals surface area (Å²) in [5.41, 5.74) is 1.61. The molecule has 2 aromatic rings. The summed E-state index contributed by atoms with van der Waals surface area (Å²) in [6, 6.07) is 4.76. The first-order valence-corrected chi connectivity index (χ1v) is 7.37. The van der Waals surface area contributed by atoms with E-state index < -0.39 is 15.9 Å². The minimum atomic E-state index is -3.34. The molecule has 1 heterocycles. The number of amides is 1. The maximum Gasteiger partial charge on any atom is 0.297 e. The molecule has 2 rings (SSSR count). The van der Waals surface area contributed by atoms with Crippen LogP contribution < -0.4 is 10.0 Å². The highest BCUT2D eigenvalue weighted by Crippen LogP contribution is 2.20. The maximum absolute atomic E-state index is 11.7. The zero-order valence-corrected chi connectivity index (χ0v) is 11.5. The Kier molecular flexibility index (Phi) is 3.66. The Morgan fingerprint density at radius 3 is 2.65 bits per heavy atom. The van der Waals surface area contributed by atoms with E-state index in [1.807, 2.05) is 0 Å². The minimum Gasteiger partial charge on any atom is -0.319 e. The van der Waals surface area contributed by atoms with Crippen molar-refractivity contribution in [2.75, 3.05) is 16.3 Å². The SMILES string of the molecule is Cc1cc(NC(=O)c2nn[nH]n2)ccc1NS(C)(=O)=O. The second-order valence-electron chi connectivity index (χ2n) is 4.09. The van der Waals surface area contributed by atoms with E-state index in [9.17, 15) is 13.2 Å². The van der Waals surface area contributed by atoms with Crippen LogP contribution >= 0.6 is 0 Å². The van der Waals surface area contributed by atoms with E-state index in [4.69, 9.17) is 0 Å². The smallest absolute Gasteiger partial charge is 0.297 e. The summed E-state index contributed by atoms with van der Waals surface area (Å²) in [5, 5.41) is 15.1. The average molecular weight is 296 g/mol. The van der Waals surface area contributed by atoms with Gasteiger partial charge >= 0.3 is 0 Å². The molecule has 0 aliphatic rings. The van der Waals surface area contributed by atoms with Gasteiger partial charge in [0.15, 0.2) is 0 Å². The Hall–Kier alpha value is -2.49. The van der Waals surface area contributed by atoms with Gasteiger partial charge in [-0.2, -0.15) is 5.21 Å². The number of nitrogens with one attached hydrogen (secondary N) is 3. The summed E-state index contributed by atoms with van der Waals surface area (Å²) in [5.74, 6) is -0.594. The predicted molar refractivity (Wildman–Crippen MR) is 71.8 cm³/mol. The van der Waals surface area contributed by atoms with Crippen LogP contribution in [0, 0.1) is 6.92 Å². The molecular formula is C10H12N6O3S. The Morgan fingerprint density at radius 1 is 1.35 bits per heavy atom. The summed E-state index contributed by atoms with van der Waals surface area (Å²) in [7, 11) is -3.34. The molecule has 0 saturated heterocycles. The van der Waals surface area contributed by atoms with Gasteiger partial charge in [0.05, 0.1) is 11.9 Å². The third-order valence-electron chi connectivity index (χ3n) is 2.33. The molecule has 3 N–H and O–H groups in total. The lowest BCUT2D eigenvalue weighted by Gasteiger charge is -2.09. The molecule has 0 spiro atoms. The fraction of sp³-hybridized carbons (Fsp3) is 0.200. The standard InChI is InChI=1S/C10H12N6O3S/c1-6-5-7(3-4-8(6)14-20(2,18)19)11-10(17)9-12-15-16-13-9/h3-5,14H,1-2H3,(H,11,17)(H,12,13,15,16). The number of hydrogen-bond donors (Lipinski definition) is 3. The number of sulfonamides is 1. The molecule has 0 saturated carbocycles. The van der Waals surface area contributed by atoms with Crippen LogP contribution in [0.15, 0.2) is 18.2 Å². The molecule has 106 valence electrons. The van der Waals surface area contributed by atoms with Crippen molar-refractivity contribution in [2.24, 2.45) is 0 Å². The van der Waals surface area contributed by atoms with Gasteiger partial charge in [-0.25, -0.2) is 8.42 Å². The summed E-state index contributed by atoms with van der Waals surface area (Å²) in [4.78, 5) is 11.7. The van der Waals surface area contributed by atoms with Crippen molar-refractivity contribution < 1.29 is 13.2 Å². The lowest BCUT2D eigenvalue weighted by molar-refractivity contribution is 0.101. The Morgan fingerprint density at radius 2 is 2.10 bits per heavy atom. The van der Waals surface area contributed by atoms with Crippen LogP contribution in [0.2, 0.25) is 0 Å². The molecule has 0 unspecified atom stereocenters. The first-order valence-electron chi connectivity index (χ1n) is 5.48. The molecule has 0 bridgehead atoms. The van der Waals surface area contributed by atoms with E-state index in [1.165, 1.54) is 0 Å². The van der Waals surface area contributed by atoms with Gasteiger partial charge in [-0.1, -0.05) is 0 Å². The number of H-pyrrole nitrogens is 1. The molecule has 0 atom stereocenters. The summed E-state index contributed by atoms with van der Waals surface area (Å²) in [6.07, 6.45) is 1.07. The van der Waals surface area contributed by atoms with Crippen LogP contribution in [0.1, 0.15) is 16.2 Å². The van der Waals surface area contributed by atoms with E-state index in [2.05, 4.69) is 30.7 Å². The van der Waals surface area contributed by atoms with Crippen molar-refractivity contribution in [1.82, 2.24) is 20.6 Å². The molecule has 9 nitrogen and oxygen atoms in total. The van der Waals surface area contributed by atoms with Crippen molar-refractivity contribution in [2.45, 2.75) is 6.92 Å². The molecule has 0 aliphatic heterocycles. The van der Waals surface area contributed by atoms with Gasteiger partial charge in [-0.15, -0.1) is 10.2 Å². The first-order chi connectivity index (χ1) is 9.35. The monoisotopic (exact) mass is 296 g/mol. The van der Waals surface area contributed by atoms with Gasteiger partial charge in [0.2, 0.25) is 10.0 Å². The van der Waals surface area contributed by atoms with Crippen LogP contribution in [-0.2, 0) is 10.0 Å². The number of carbonyl (C=O) groups excluding carboxylic acids is 1. The van der Waals surface area contributed by atoms with Crippen LogP contribution in [0.3, 0.4) is 0 Å². The van der Waals surface area contributed by atoms with Crippen molar-refractivity contribution in [3.05, 3.63) is 29.6 Å². The van der Waals surface area contributed by atoms with Crippen LogP contribution in [0.25, 0.3) is 0 Å². The summed E-state index contributed by atoms with van der Waals surface area (Å²) >= 11 is 0. The number of hydrogen-bond acceptors (Lipinski definition) is 6. The van der Waals surface area contributed by atoms with E-state index in [0.717, 1.165) is 6.26 Å². The maximum atomic E-state index is 11.7. The predicted octanol–water partition coefficient (Wildman–Crippen LogP) is 0.132. The van der Waals surface area contributed by atoms with E-state index in [1.54, 1.807) is 25.1 Å². The van der Waals surface area contributed by atoms with Gasteiger partial charge in [0, 0.05) is 5.69 Å². The number of aromatic nitrogens is 4. The number of aromatic amines is 1. The minimum absolute atomic E-state index is 0.0824. The molecule has 0 aliphatic carbocycles. The van der Waals surface area contributed by atoms with Crippen LogP contribution in [-0.4, -0.2) is 41.2 Å². The second kappa shape index (κ2) is 5.25. The van der Waals surface area contributed by atoms with Crippen LogP contribution in [0.5, 0.6) is 0 Å². The number of nitrogens with zero attached hydrogens (tertiary/aromatic N) is 3. The second-order valence-corrected chi connectivity index (χ2v) is 5.84. The number of benzene rings is 1. The van der Waals surface area contributed by atoms with Crippen LogP contribution in [0.4, 0.5) is 11.4 Å². The molecule has 1 amide bonds. The molecule has 10 heteroatoms. The van der Waals surface area contributed by atoms with Gasteiger partial charge in [-0.3, -0.25) is 9.52 Å². The van der Waals surface area contributed by atoms with E-state index >= 15 is 0 Å². The van der Waals surface area contributed by atoms with Crippen molar-refractivity contribution in [3.8, 4) is 0 Å². The Balaban J connectivity index is 2.15. The lowest BCUT2D eigenvalue weighted by Crippen LogP contribution is -2.14. The van der Waals surface area contributed by atoms with Crippen molar-refractivity contribution in [3.63, 3.8) is 0 Å². The zero-order valence-electron chi connectivity index (χ0n) is 10.7. The largest absolute Gasteiger partial charge is 0.319 e. The van der Waals surface area contributed by atoms with Crippen molar-refractivity contribution >= 4 is 27.3 Å². The number of carbonyl (C=O) groups is 1. The Bertz CT molecular complexity index is 725. The number of tetrazole rings is 1. The van der Waals surface area contributed by atoms with E-state index in [0.29, 0.717) is 16.9 Å². The third-order valence-corrected chi connectivity index (χ3v) is 2.92. The molecular weight excluding hydrogens is 284 g/mol. The van der Waals surface area contributed by atoms with Gasteiger partial charge in [-0.05, 0) is 35.9 Å². The third kappa shape index (κ3) is 3.51. The molecule has 0 fully saturated rings.